The van der Waals surface area contributed by atoms with E-state index in [1.54, 1.807) is 0 Å². The number of benzene rings is 1. The van der Waals surface area contributed by atoms with Crippen molar-refractivity contribution in [1.82, 2.24) is 24.7 Å². The summed E-state index contributed by atoms with van der Waals surface area (Å²) >= 11 is 0. The maximum Gasteiger partial charge on any atom is 0.159 e. The summed E-state index contributed by atoms with van der Waals surface area (Å²) in [5.74, 6) is 0.711. The molecule has 1 saturated heterocycles. The summed E-state index contributed by atoms with van der Waals surface area (Å²) in [6.07, 6.45) is 11.6. The van der Waals surface area contributed by atoms with Crippen LogP contribution in [0.1, 0.15) is 24.6 Å². The number of ether oxygens (including phenoxy) is 1. The molecule has 6 nitrogen and oxygen atoms in total. The fourth-order valence-electron chi connectivity index (χ4n) is 3.83. The zero-order chi connectivity index (χ0) is 20.3. The van der Waals surface area contributed by atoms with E-state index in [1.807, 2.05) is 54.6 Å². The Morgan fingerprint density at radius 1 is 0.833 bits per heavy atom. The van der Waals surface area contributed by atoms with Gasteiger partial charge in [-0.25, -0.2) is 9.97 Å². The number of pyridine rings is 1. The number of aryl methyl sites for hydroxylation is 1. The maximum atomic E-state index is 5.45. The Bertz CT molecular complexity index is 1150. The smallest absolute Gasteiger partial charge is 0.159 e. The largest absolute Gasteiger partial charge is 0.381 e. The summed E-state index contributed by atoms with van der Waals surface area (Å²) in [7, 11) is 0. The predicted octanol–water partition coefficient (Wildman–Crippen LogP) is 4.73. The van der Waals surface area contributed by atoms with Gasteiger partial charge in [0.05, 0.1) is 12.2 Å². The molecule has 0 spiro atoms. The molecule has 0 amide bonds. The van der Waals surface area contributed by atoms with Crippen LogP contribution in [-0.2, 0) is 4.74 Å². The highest BCUT2D eigenvalue weighted by molar-refractivity contribution is 5.70. The van der Waals surface area contributed by atoms with Crippen LogP contribution in [0.5, 0.6) is 0 Å². The predicted molar refractivity (Wildman–Crippen MR) is 116 cm³/mol. The summed E-state index contributed by atoms with van der Waals surface area (Å²) in [6.45, 7) is 3.60. The van der Waals surface area contributed by atoms with Crippen LogP contribution < -0.4 is 0 Å². The van der Waals surface area contributed by atoms with E-state index in [1.165, 1.54) is 0 Å². The minimum atomic E-state index is 0.409. The van der Waals surface area contributed by atoms with E-state index in [2.05, 4.69) is 44.4 Å². The van der Waals surface area contributed by atoms with Crippen LogP contribution in [0.4, 0.5) is 0 Å². The third-order valence-electron chi connectivity index (χ3n) is 5.50. The molecular weight excluding hydrogens is 374 g/mol. The van der Waals surface area contributed by atoms with E-state index < -0.39 is 0 Å². The van der Waals surface area contributed by atoms with Crippen molar-refractivity contribution in [3.05, 3.63) is 73.1 Å². The van der Waals surface area contributed by atoms with Gasteiger partial charge in [0.15, 0.2) is 5.82 Å². The lowest BCUT2D eigenvalue weighted by Gasteiger charge is -2.22. The summed E-state index contributed by atoms with van der Waals surface area (Å²) in [5, 5.41) is 4.55. The Hall–Kier alpha value is -3.38. The second kappa shape index (κ2) is 8.16. The topological polar surface area (TPSA) is 65.7 Å². The van der Waals surface area contributed by atoms with Crippen molar-refractivity contribution >= 4 is 0 Å². The molecule has 1 aliphatic heterocycles. The molecular formula is C24H23N5O. The van der Waals surface area contributed by atoms with Gasteiger partial charge in [-0.2, -0.15) is 5.10 Å². The normalized spacial score (nSPS) is 14.7. The van der Waals surface area contributed by atoms with E-state index in [-0.39, 0.29) is 0 Å². The second-order valence-corrected chi connectivity index (χ2v) is 7.61. The molecule has 0 atom stereocenters. The van der Waals surface area contributed by atoms with Crippen LogP contribution in [0, 0.1) is 6.92 Å². The first-order chi connectivity index (χ1) is 14.8. The van der Waals surface area contributed by atoms with Crippen molar-refractivity contribution in [2.45, 2.75) is 25.8 Å². The lowest BCUT2D eigenvalue weighted by molar-refractivity contribution is 0.0662. The third kappa shape index (κ3) is 3.86. The Morgan fingerprint density at radius 2 is 1.60 bits per heavy atom. The fraction of sp³-hybridized carbons (Fsp3) is 0.250. The van der Waals surface area contributed by atoms with Gasteiger partial charge in [0.25, 0.3) is 0 Å². The second-order valence-electron chi connectivity index (χ2n) is 7.61. The summed E-state index contributed by atoms with van der Waals surface area (Å²) in [6, 6.07) is 12.8. The van der Waals surface area contributed by atoms with Gasteiger partial charge in [-0.15, -0.1) is 0 Å². The highest BCUT2D eigenvalue weighted by atomic mass is 16.5. The number of hydrogen-bond donors (Lipinski definition) is 0. The molecule has 4 aromatic rings. The van der Waals surface area contributed by atoms with Crippen LogP contribution in [0.2, 0.25) is 0 Å². The lowest BCUT2D eigenvalue weighted by Crippen LogP contribution is -2.19. The van der Waals surface area contributed by atoms with Crippen LogP contribution in [0.3, 0.4) is 0 Å². The van der Waals surface area contributed by atoms with Gasteiger partial charge in [-0.1, -0.05) is 18.2 Å². The summed E-state index contributed by atoms with van der Waals surface area (Å²) in [5.41, 5.74) is 6.27. The Balaban J connectivity index is 1.38. The number of nitrogens with zero attached hydrogens (tertiary/aromatic N) is 5. The lowest BCUT2D eigenvalue weighted by atomic mass is 10.0. The Kier molecular flexibility index (Phi) is 5.07. The molecule has 1 fully saturated rings. The van der Waals surface area contributed by atoms with Gasteiger partial charge in [0.1, 0.15) is 0 Å². The van der Waals surface area contributed by atoms with Crippen molar-refractivity contribution < 1.29 is 4.74 Å². The highest BCUT2D eigenvalue weighted by Gasteiger charge is 2.17. The highest BCUT2D eigenvalue weighted by Crippen LogP contribution is 2.27. The molecule has 4 heterocycles. The molecule has 1 aromatic carbocycles. The SMILES string of the molecule is Cc1cc(-c2cccc(-c3ncc(-c4cnn(C5CCOCC5)c4)cn3)c2)ccn1. The Labute approximate surface area is 175 Å². The van der Waals surface area contributed by atoms with Crippen molar-refractivity contribution in [2.24, 2.45) is 0 Å². The van der Waals surface area contributed by atoms with Crippen molar-refractivity contribution in [3.63, 3.8) is 0 Å². The molecule has 0 aliphatic carbocycles. The van der Waals surface area contributed by atoms with Gasteiger partial charge >= 0.3 is 0 Å². The van der Waals surface area contributed by atoms with Crippen molar-refractivity contribution in [3.8, 4) is 33.6 Å². The van der Waals surface area contributed by atoms with Gasteiger partial charge in [0.2, 0.25) is 0 Å². The average molecular weight is 397 g/mol. The van der Waals surface area contributed by atoms with Gasteiger partial charge in [-0.05, 0) is 49.1 Å². The first kappa shape index (κ1) is 18.6. The van der Waals surface area contributed by atoms with Crippen molar-refractivity contribution in [1.29, 1.82) is 0 Å². The molecule has 0 radical (unpaired) electrons. The monoisotopic (exact) mass is 397 g/mol. The van der Waals surface area contributed by atoms with Crippen LogP contribution >= 0.6 is 0 Å². The minimum Gasteiger partial charge on any atom is -0.381 e. The molecule has 1 aliphatic rings. The molecule has 0 N–H and O–H groups in total. The summed E-state index contributed by atoms with van der Waals surface area (Å²) < 4.78 is 7.49. The van der Waals surface area contributed by atoms with E-state index in [4.69, 9.17) is 4.74 Å². The first-order valence-electron chi connectivity index (χ1n) is 10.2. The first-order valence-corrected chi connectivity index (χ1v) is 10.2. The average Bonchev–Trinajstić information content (AvgIpc) is 3.30. The zero-order valence-electron chi connectivity index (χ0n) is 16.9. The standard InChI is InChI=1S/C24H23N5O/c1-17-11-19(5-8-25-17)18-3-2-4-20(12-18)24-26-13-21(14-27-24)22-15-28-29(16-22)23-6-9-30-10-7-23/h2-5,8,11-16,23H,6-7,9-10H2,1H3. The van der Waals surface area contributed by atoms with Crippen molar-refractivity contribution in [2.75, 3.05) is 13.2 Å². The van der Waals surface area contributed by atoms with Crippen LogP contribution in [0.15, 0.2) is 67.4 Å². The molecule has 6 heteroatoms. The Morgan fingerprint density at radius 3 is 2.40 bits per heavy atom. The van der Waals surface area contributed by atoms with Gasteiger partial charge in [-0.3, -0.25) is 9.67 Å². The van der Waals surface area contributed by atoms with E-state index in [0.717, 1.165) is 59.6 Å². The zero-order valence-corrected chi connectivity index (χ0v) is 16.9. The molecule has 0 bridgehead atoms. The summed E-state index contributed by atoms with van der Waals surface area (Å²) in [4.78, 5) is 13.5. The van der Waals surface area contributed by atoms with E-state index in [9.17, 15) is 0 Å². The molecule has 30 heavy (non-hydrogen) atoms. The maximum absolute atomic E-state index is 5.45. The van der Waals surface area contributed by atoms with Crippen LogP contribution in [-0.4, -0.2) is 37.9 Å². The fourth-order valence-corrected chi connectivity index (χ4v) is 3.83. The number of rotatable bonds is 4. The molecule has 0 saturated carbocycles. The number of aromatic nitrogens is 5. The van der Waals surface area contributed by atoms with E-state index >= 15 is 0 Å². The number of hydrogen-bond acceptors (Lipinski definition) is 5. The minimum absolute atomic E-state index is 0.409. The molecule has 5 rings (SSSR count). The third-order valence-corrected chi connectivity index (χ3v) is 5.50. The molecule has 0 unspecified atom stereocenters. The molecule has 3 aromatic heterocycles. The van der Waals surface area contributed by atoms with Gasteiger partial charge in [0, 0.05) is 60.4 Å². The molecule has 150 valence electrons. The van der Waals surface area contributed by atoms with Crippen LogP contribution in [0.25, 0.3) is 33.6 Å². The van der Waals surface area contributed by atoms with E-state index in [0.29, 0.717) is 11.9 Å². The quantitative estimate of drug-likeness (QED) is 0.498. The van der Waals surface area contributed by atoms with Gasteiger partial charge < -0.3 is 4.74 Å².